The van der Waals surface area contributed by atoms with Crippen LogP contribution in [0.5, 0.6) is 0 Å². The minimum absolute atomic E-state index is 0.00126. The number of hydrogen-bond donors (Lipinski definition) is 0. The van der Waals surface area contributed by atoms with E-state index in [0.29, 0.717) is 18.4 Å². The molecule has 3 aromatic rings. The molecule has 172 valence electrons. The van der Waals surface area contributed by atoms with Crippen LogP contribution in [-0.2, 0) is 38.5 Å². The predicted octanol–water partition coefficient (Wildman–Crippen LogP) is 5.28. The van der Waals surface area contributed by atoms with E-state index in [2.05, 4.69) is 13.2 Å². The van der Waals surface area contributed by atoms with Crippen LogP contribution in [0.2, 0.25) is 0 Å². The summed E-state index contributed by atoms with van der Waals surface area (Å²) >= 11 is 0. The van der Waals surface area contributed by atoms with Crippen molar-refractivity contribution in [1.29, 1.82) is 0 Å². The molecule has 0 heterocycles. The number of carbonyl (C=O) groups is 3. The third kappa shape index (κ3) is 7.14. The maximum atomic E-state index is 12.3. The molecule has 0 fully saturated rings. The van der Waals surface area contributed by atoms with Gasteiger partial charge in [0, 0.05) is 18.9 Å². The number of carbonyl (C=O) groups excluding carboxylic acids is 3. The first-order valence-electron chi connectivity index (χ1n) is 10.9. The van der Waals surface area contributed by atoms with E-state index in [1.165, 1.54) is 6.08 Å². The Morgan fingerprint density at radius 3 is 1.79 bits per heavy atom. The minimum Gasteiger partial charge on any atom is -0.462 e. The Kier molecular flexibility index (Phi) is 8.69. The van der Waals surface area contributed by atoms with Gasteiger partial charge in [0.25, 0.3) is 0 Å². The van der Waals surface area contributed by atoms with Crippen LogP contribution < -0.4 is 0 Å². The van der Waals surface area contributed by atoms with E-state index in [9.17, 15) is 14.4 Å². The van der Waals surface area contributed by atoms with Gasteiger partial charge in [0.05, 0.1) is 12.2 Å². The van der Waals surface area contributed by atoms with Crippen molar-refractivity contribution in [2.24, 2.45) is 0 Å². The smallest absolute Gasteiger partial charge is 0.338 e. The Morgan fingerprint density at radius 1 is 0.676 bits per heavy atom. The minimum atomic E-state index is -0.494. The largest absolute Gasteiger partial charge is 0.462 e. The molecule has 0 aliphatic rings. The number of benzene rings is 3. The third-order valence-corrected chi connectivity index (χ3v) is 5.21. The van der Waals surface area contributed by atoms with Crippen LogP contribution in [0.1, 0.15) is 27.0 Å². The van der Waals surface area contributed by atoms with E-state index in [4.69, 9.17) is 9.47 Å². The molecule has 3 rings (SSSR count). The second-order valence-corrected chi connectivity index (χ2v) is 7.64. The topological polar surface area (TPSA) is 69.7 Å². The highest BCUT2D eigenvalue weighted by Gasteiger charge is 2.08. The van der Waals surface area contributed by atoms with Crippen molar-refractivity contribution in [3.05, 3.63) is 120 Å². The number of allylic oxidation sites excluding steroid dienone is 1. The van der Waals surface area contributed by atoms with Crippen LogP contribution in [-0.4, -0.2) is 24.3 Å². The van der Waals surface area contributed by atoms with Crippen LogP contribution in [0, 0.1) is 0 Å². The van der Waals surface area contributed by atoms with E-state index in [1.807, 2.05) is 48.5 Å². The lowest BCUT2D eigenvalue weighted by Gasteiger charge is -2.08. The number of ether oxygens (including phenoxy) is 2. The van der Waals surface area contributed by atoms with Gasteiger partial charge in [-0.15, -0.1) is 0 Å². The lowest BCUT2D eigenvalue weighted by Crippen LogP contribution is -2.08. The standard InChI is InChI=1S/C29H26O5/c1-3-27(30)19-22-7-13-25(14-8-22)24-11-5-21(6-12-24)17-18-33-29(32)26-15-9-23(10-16-26)20-34-28(31)4-2/h3-16H,1-2,17-20H2. The highest BCUT2D eigenvalue weighted by Crippen LogP contribution is 2.21. The molecule has 0 amide bonds. The quantitative estimate of drug-likeness (QED) is 0.291. The van der Waals surface area contributed by atoms with Gasteiger partial charge in [0.2, 0.25) is 0 Å². The molecule has 0 bridgehead atoms. The van der Waals surface area contributed by atoms with Gasteiger partial charge in [-0.1, -0.05) is 73.8 Å². The average molecular weight is 455 g/mol. The fraction of sp³-hybridized carbons (Fsp3) is 0.138. The molecular formula is C29H26O5. The molecule has 3 aromatic carbocycles. The lowest BCUT2D eigenvalue weighted by atomic mass is 10.0. The number of esters is 2. The van der Waals surface area contributed by atoms with Gasteiger partial charge in [0.1, 0.15) is 6.61 Å². The summed E-state index contributed by atoms with van der Waals surface area (Å²) in [5, 5.41) is 0. The molecule has 0 unspecified atom stereocenters. The molecule has 0 spiro atoms. The Hall–Kier alpha value is -4.25. The molecule has 5 heteroatoms. The summed E-state index contributed by atoms with van der Waals surface area (Å²) in [7, 11) is 0. The van der Waals surface area contributed by atoms with E-state index in [0.717, 1.165) is 33.9 Å². The van der Waals surface area contributed by atoms with Gasteiger partial charge in [-0.3, -0.25) is 4.79 Å². The summed E-state index contributed by atoms with van der Waals surface area (Å²) < 4.78 is 10.3. The van der Waals surface area contributed by atoms with Gasteiger partial charge in [-0.2, -0.15) is 0 Å². The van der Waals surface area contributed by atoms with Crippen molar-refractivity contribution in [3.63, 3.8) is 0 Å². The maximum absolute atomic E-state index is 12.3. The van der Waals surface area contributed by atoms with Crippen LogP contribution in [0.4, 0.5) is 0 Å². The third-order valence-electron chi connectivity index (χ3n) is 5.21. The number of hydrogen-bond acceptors (Lipinski definition) is 5. The Morgan fingerprint density at radius 2 is 1.24 bits per heavy atom. The van der Waals surface area contributed by atoms with Gasteiger partial charge in [-0.05, 0) is 46.0 Å². The van der Waals surface area contributed by atoms with Gasteiger partial charge in [-0.25, -0.2) is 9.59 Å². The first-order valence-corrected chi connectivity index (χ1v) is 10.9. The van der Waals surface area contributed by atoms with Gasteiger partial charge < -0.3 is 9.47 Å². The average Bonchev–Trinajstić information content (AvgIpc) is 2.88. The summed E-state index contributed by atoms with van der Waals surface area (Å²) in [4.78, 5) is 34.9. The summed E-state index contributed by atoms with van der Waals surface area (Å²) in [6.45, 7) is 7.23. The molecule has 0 saturated heterocycles. The Bertz CT molecular complexity index is 1160. The molecule has 0 radical (unpaired) electrons. The highest BCUT2D eigenvalue weighted by atomic mass is 16.5. The molecule has 0 atom stereocenters. The fourth-order valence-corrected chi connectivity index (χ4v) is 3.25. The lowest BCUT2D eigenvalue weighted by molar-refractivity contribution is -0.139. The van der Waals surface area contributed by atoms with E-state index in [-0.39, 0.29) is 19.0 Å². The van der Waals surface area contributed by atoms with Gasteiger partial charge >= 0.3 is 11.9 Å². The predicted molar refractivity (Wildman–Crippen MR) is 131 cm³/mol. The molecule has 0 saturated carbocycles. The van der Waals surface area contributed by atoms with Crippen LogP contribution >= 0.6 is 0 Å². The summed E-state index contributed by atoms with van der Waals surface area (Å²) in [6.07, 6.45) is 3.40. The van der Waals surface area contributed by atoms with Crippen molar-refractivity contribution in [2.45, 2.75) is 19.4 Å². The van der Waals surface area contributed by atoms with Crippen LogP contribution in [0.25, 0.3) is 11.1 Å². The molecule has 0 aliphatic heterocycles. The monoisotopic (exact) mass is 454 g/mol. The molecular weight excluding hydrogens is 428 g/mol. The number of rotatable bonds is 11. The molecule has 0 N–H and O–H groups in total. The van der Waals surface area contributed by atoms with Crippen molar-refractivity contribution >= 4 is 17.7 Å². The van der Waals surface area contributed by atoms with Crippen LogP contribution in [0.15, 0.2) is 98.1 Å². The Labute approximate surface area is 199 Å². The zero-order valence-corrected chi connectivity index (χ0v) is 18.9. The summed E-state index contributed by atoms with van der Waals surface area (Å²) in [5.74, 6) is -0.894. The Balaban J connectivity index is 1.47. The van der Waals surface area contributed by atoms with E-state index in [1.54, 1.807) is 24.3 Å². The van der Waals surface area contributed by atoms with Crippen LogP contribution in [0.3, 0.4) is 0 Å². The summed E-state index contributed by atoms with van der Waals surface area (Å²) in [5.41, 5.74) is 5.36. The molecule has 0 aliphatic carbocycles. The first kappa shape index (κ1) is 24.4. The van der Waals surface area contributed by atoms with E-state index >= 15 is 0 Å². The molecule has 5 nitrogen and oxygen atoms in total. The number of ketones is 1. The summed E-state index contributed by atoms with van der Waals surface area (Å²) in [6, 6.07) is 22.7. The highest BCUT2D eigenvalue weighted by molar-refractivity contribution is 5.91. The zero-order chi connectivity index (χ0) is 24.3. The van der Waals surface area contributed by atoms with Crippen molar-refractivity contribution < 1.29 is 23.9 Å². The zero-order valence-electron chi connectivity index (χ0n) is 18.9. The van der Waals surface area contributed by atoms with Crippen molar-refractivity contribution in [2.75, 3.05) is 6.61 Å². The molecule has 34 heavy (non-hydrogen) atoms. The van der Waals surface area contributed by atoms with E-state index < -0.39 is 11.9 Å². The normalized spacial score (nSPS) is 10.2. The fourth-order valence-electron chi connectivity index (χ4n) is 3.25. The second kappa shape index (κ2) is 12.1. The maximum Gasteiger partial charge on any atom is 0.338 e. The second-order valence-electron chi connectivity index (χ2n) is 7.64. The SMILES string of the molecule is C=CC(=O)Cc1ccc(-c2ccc(CCOC(=O)c3ccc(COC(=O)C=C)cc3)cc2)cc1. The van der Waals surface area contributed by atoms with Gasteiger partial charge in [0.15, 0.2) is 5.78 Å². The first-order chi connectivity index (χ1) is 16.5. The van der Waals surface area contributed by atoms with Crippen molar-refractivity contribution in [3.8, 4) is 11.1 Å². The molecule has 0 aromatic heterocycles. The van der Waals surface area contributed by atoms with Crippen molar-refractivity contribution in [1.82, 2.24) is 0 Å².